The van der Waals surface area contributed by atoms with Crippen molar-refractivity contribution in [3.8, 4) is 45.3 Å². The molecule has 0 bridgehead atoms. The largest absolute Gasteiger partial charge is 0.208 e. The van der Waals surface area contributed by atoms with Gasteiger partial charge in [-0.05, 0) is 52.2 Å². The van der Waals surface area contributed by atoms with E-state index in [0.717, 1.165) is 33.2 Å². The van der Waals surface area contributed by atoms with Gasteiger partial charge in [0.15, 0.2) is 17.5 Å². The van der Waals surface area contributed by atoms with Gasteiger partial charge in [0.1, 0.15) is 0 Å². The Bertz CT molecular complexity index is 2840. The van der Waals surface area contributed by atoms with Crippen molar-refractivity contribution in [3.63, 3.8) is 0 Å². The number of hydrogen-bond donors (Lipinski definition) is 0. The van der Waals surface area contributed by atoms with E-state index in [9.17, 15) is 0 Å². The molecule has 0 radical (unpaired) electrons. The van der Waals surface area contributed by atoms with Gasteiger partial charge in [-0.25, -0.2) is 15.0 Å². The Hall–Kier alpha value is -5.75. The molecule has 48 heavy (non-hydrogen) atoms. The van der Waals surface area contributed by atoms with Gasteiger partial charge in [-0.1, -0.05) is 121 Å². The highest BCUT2D eigenvalue weighted by atomic mass is 32.1. The second kappa shape index (κ2) is 10.9. The molecule has 10 aromatic rings. The molecule has 0 aliphatic rings. The van der Waals surface area contributed by atoms with Gasteiger partial charge in [0, 0.05) is 57.0 Å². The van der Waals surface area contributed by atoms with E-state index in [1.165, 1.54) is 45.7 Å². The summed E-state index contributed by atoms with van der Waals surface area (Å²) in [6.07, 6.45) is 0. The Morgan fingerprint density at radius 3 is 1.50 bits per heavy atom. The zero-order valence-corrected chi connectivity index (χ0v) is 27.2. The van der Waals surface area contributed by atoms with Crippen molar-refractivity contribution >= 4 is 73.8 Å². The van der Waals surface area contributed by atoms with Gasteiger partial charge < -0.3 is 0 Å². The fourth-order valence-corrected chi connectivity index (χ4v) is 9.27. The summed E-state index contributed by atoms with van der Waals surface area (Å²) in [5.41, 5.74) is 5.29. The quantitative estimate of drug-likeness (QED) is 0.191. The molecule has 0 unspecified atom stereocenters. The Kier molecular flexibility index (Phi) is 6.22. The van der Waals surface area contributed by atoms with Crippen LogP contribution in [0.25, 0.3) is 96.4 Å². The Morgan fingerprint density at radius 2 is 0.812 bits per heavy atom. The lowest BCUT2D eigenvalue weighted by Crippen LogP contribution is -2.01. The third kappa shape index (κ3) is 4.36. The Morgan fingerprint density at radius 1 is 0.312 bits per heavy atom. The lowest BCUT2D eigenvalue weighted by atomic mass is 9.97. The number of hydrogen-bond acceptors (Lipinski definition) is 5. The maximum Gasteiger partial charge on any atom is 0.164 e. The van der Waals surface area contributed by atoms with Crippen LogP contribution >= 0.6 is 22.7 Å². The molecule has 0 atom stereocenters. The standard InChI is InChI=1S/C43H25N3S2/c1-3-13-26(14-4-1)28-23-34(40-32-20-10-12-22-36(32)47-37(40)24-28)43-45-41(27-15-5-2-6-16-27)44-42(46-43)33-25-38-39(30-18-8-7-17-29(30)33)31-19-9-11-21-35(31)48-38/h1-25H. The van der Waals surface area contributed by atoms with Gasteiger partial charge in [0.2, 0.25) is 0 Å². The molecule has 0 spiro atoms. The van der Waals surface area contributed by atoms with Gasteiger partial charge in [0.25, 0.3) is 0 Å². The van der Waals surface area contributed by atoms with E-state index in [0.29, 0.717) is 17.5 Å². The average Bonchev–Trinajstić information content (AvgIpc) is 3.73. The minimum absolute atomic E-state index is 0.661. The van der Waals surface area contributed by atoms with Crippen LogP contribution in [-0.2, 0) is 0 Å². The molecule has 3 heterocycles. The lowest BCUT2D eigenvalue weighted by molar-refractivity contribution is 1.08. The smallest absolute Gasteiger partial charge is 0.164 e. The third-order valence-electron chi connectivity index (χ3n) is 9.12. The number of rotatable bonds is 4. The SMILES string of the molecule is c1ccc(-c2cc(-c3nc(-c4ccccc4)nc(-c4cc5sc6ccccc6c5c5ccccc45)n3)c3c(c2)sc2ccccc23)cc1. The number of benzene rings is 7. The van der Waals surface area contributed by atoms with E-state index in [1.54, 1.807) is 0 Å². The van der Waals surface area contributed by atoms with E-state index < -0.39 is 0 Å². The fraction of sp³-hybridized carbons (Fsp3) is 0. The third-order valence-corrected chi connectivity index (χ3v) is 11.4. The molecule has 0 aliphatic carbocycles. The van der Waals surface area contributed by atoms with Crippen molar-refractivity contribution < 1.29 is 0 Å². The summed E-state index contributed by atoms with van der Waals surface area (Å²) in [6.45, 7) is 0. The molecule has 0 N–H and O–H groups in total. The molecule has 0 aliphatic heterocycles. The van der Waals surface area contributed by atoms with E-state index >= 15 is 0 Å². The highest BCUT2D eigenvalue weighted by molar-refractivity contribution is 7.26. The monoisotopic (exact) mass is 647 g/mol. The molecule has 7 aromatic carbocycles. The predicted octanol–water partition coefficient (Wildman–Crippen LogP) is 12.4. The molecule has 0 fully saturated rings. The summed E-state index contributed by atoms with van der Waals surface area (Å²) in [6, 6.07) is 53.7. The number of thiophene rings is 2. The molecule has 5 heteroatoms. The number of aromatic nitrogens is 3. The summed E-state index contributed by atoms with van der Waals surface area (Å²) in [4.78, 5) is 15.8. The Labute approximate surface area is 284 Å². The first kappa shape index (κ1) is 27.4. The van der Waals surface area contributed by atoms with Crippen molar-refractivity contribution in [2.45, 2.75) is 0 Å². The molecule has 0 saturated heterocycles. The molecular weight excluding hydrogens is 623 g/mol. The van der Waals surface area contributed by atoms with Crippen LogP contribution in [0.2, 0.25) is 0 Å². The first-order valence-electron chi connectivity index (χ1n) is 15.9. The zero-order valence-electron chi connectivity index (χ0n) is 25.6. The average molecular weight is 648 g/mol. The molecule has 0 amide bonds. The van der Waals surface area contributed by atoms with Crippen molar-refractivity contribution in [2.75, 3.05) is 0 Å². The van der Waals surface area contributed by atoms with E-state index in [2.05, 4.69) is 133 Å². The summed E-state index contributed by atoms with van der Waals surface area (Å²) >= 11 is 3.64. The molecule has 224 valence electrons. The van der Waals surface area contributed by atoms with Crippen molar-refractivity contribution in [3.05, 3.63) is 152 Å². The normalized spacial score (nSPS) is 11.8. The van der Waals surface area contributed by atoms with Crippen LogP contribution in [0.15, 0.2) is 152 Å². The Balaban J connectivity index is 1.31. The van der Waals surface area contributed by atoms with Crippen molar-refractivity contribution in [1.29, 1.82) is 0 Å². The first-order chi connectivity index (χ1) is 23.8. The maximum absolute atomic E-state index is 5.37. The summed E-state index contributed by atoms with van der Waals surface area (Å²) < 4.78 is 4.97. The van der Waals surface area contributed by atoms with Crippen molar-refractivity contribution in [2.24, 2.45) is 0 Å². The summed E-state index contributed by atoms with van der Waals surface area (Å²) in [5.74, 6) is 2.01. The lowest BCUT2D eigenvalue weighted by Gasteiger charge is -2.13. The van der Waals surface area contributed by atoms with Crippen LogP contribution in [0.4, 0.5) is 0 Å². The van der Waals surface area contributed by atoms with Crippen LogP contribution in [0.5, 0.6) is 0 Å². The molecular formula is C43H25N3S2. The second-order valence-corrected chi connectivity index (χ2v) is 14.1. The minimum atomic E-state index is 0.661. The number of fused-ring (bicyclic) bond motifs is 8. The van der Waals surface area contributed by atoms with E-state index in [1.807, 2.05) is 40.9 Å². The van der Waals surface area contributed by atoms with E-state index in [-0.39, 0.29) is 0 Å². The predicted molar refractivity (Wildman–Crippen MR) is 205 cm³/mol. The molecule has 10 rings (SSSR count). The van der Waals surface area contributed by atoms with Crippen LogP contribution < -0.4 is 0 Å². The minimum Gasteiger partial charge on any atom is -0.208 e. The fourth-order valence-electron chi connectivity index (χ4n) is 6.93. The van der Waals surface area contributed by atoms with Crippen LogP contribution in [0.3, 0.4) is 0 Å². The van der Waals surface area contributed by atoms with Gasteiger partial charge >= 0.3 is 0 Å². The maximum atomic E-state index is 5.37. The van der Waals surface area contributed by atoms with Crippen molar-refractivity contribution in [1.82, 2.24) is 15.0 Å². The highest BCUT2D eigenvalue weighted by Gasteiger charge is 2.21. The summed E-state index contributed by atoms with van der Waals surface area (Å²) in [5, 5.41) is 7.31. The van der Waals surface area contributed by atoms with E-state index in [4.69, 9.17) is 15.0 Å². The van der Waals surface area contributed by atoms with Gasteiger partial charge in [-0.15, -0.1) is 22.7 Å². The molecule has 3 aromatic heterocycles. The topological polar surface area (TPSA) is 38.7 Å². The summed E-state index contributed by atoms with van der Waals surface area (Å²) in [7, 11) is 0. The second-order valence-electron chi connectivity index (χ2n) is 12.0. The van der Waals surface area contributed by atoms with Gasteiger partial charge in [-0.2, -0.15) is 0 Å². The van der Waals surface area contributed by atoms with Crippen LogP contribution in [-0.4, -0.2) is 15.0 Å². The van der Waals surface area contributed by atoms with Crippen LogP contribution in [0.1, 0.15) is 0 Å². The van der Waals surface area contributed by atoms with Crippen LogP contribution in [0, 0.1) is 0 Å². The first-order valence-corrected chi connectivity index (χ1v) is 17.6. The number of nitrogens with zero attached hydrogens (tertiary/aromatic N) is 3. The van der Waals surface area contributed by atoms with Gasteiger partial charge in [0.05, 0.1) is 0 Å². The van der Waals surface area contributed by atoms with Gasteiger partial charge in [-0.3, -0.25) is 0 Å². The molecule has 0 saturated carbocycles. The zero-order chi connectivity index (χ0) is 31.6. The molecule has 3 nitrogen and oxygen atoms in total. The highest BCUT2D eigenvalue weighted by Crippen LogP contribution is 2.44.